The zero-order chi connectivity index (χ0) is 26.9. The van der Waals surface area contributed by atoms with E-state index in [1.807, 2.05) is 71.3 Å². The average Bonchev–Trinajstić information content (AvgIpc) is 3.68. The molecule has 0 amide bonds. The van der Waals surface area contributed by atoms with Crippen LogP contribution in [0.15, 0.2) is 120 Å². The maximum atomic E-state index is 6.43. The Hall–Kier alpha value is -5.89. The number of rotatable bonds is 3. The highest BCUT2D eigenvalue weighted by atomic mass is 16.3. The molecule has 9 rings (SSSR count). The van der Waals surface area contributed by atoms with Gasteiger partial charge >= 0.3 is 0 Å². The van der Waals surface area contributed by atoms with Gasteiger partial charge in [-0.3, -0.25) is 4.57 Å². The summed E-state index contributed by atoms with van der Waals surface area (Å²) in [6.07, 6.45) is 3.33. The highest BCUT2D eigenvalue weighted by molar-refractivity contribution is 6.18. The minimum absolute atomic E-state index is 0.421. The Kier molecular flexibility index (Phi) is 4.45. The van der Waals surface area contributed by atoms with Crippen molar-refractivity contribution < 1.29 is 4.42 Å². The van der Waals surface area contributed by atoms with E-state index in [0.717, 1.165) is 54.8 Å². The summed E-state index contributed by atoms with van der Waals surface area (Å²) in [5, 5.41) is 4.14. The summed E-state index contributed by atoms with van der Waals surface area (Å²) in [4.78, 5) is 24.1. The van der Waals surface area contributed by atoms with Gasteiger partial charge in [0, 0.05) is 21.7 Å². The Morgan fingerprint density at radius 2 is 1.20 bits per heavy atom. The number of hydrogen-bond acceptors (Lipinski definition) is 6. The predicted molar refractivity (Wildman–Crippen MR) is 159 cm³/mol. The molecule has 0 unspecified atom stereocenters. The van der Waals surface area contributed by atoms with Gasteiger partial charge < -0.3 is 4.42 Å². The molecular formula is C33H19N7O. The van der Waals surface area contributed by atoms with Gasteiger partial charge in [-0.05, 0) is 18.2 Å². The fourth-order valence-corrected chi connectivity index (χ4v) is 5.81. The van der Waals surface area contributed by atoms with Crippen molar-refractivity contribution in [3.8, 4) is 23.3 Å². The van der Waals surface area contributed by atoms with E-state index in [1.165, 1.54) is 0 Å². The maximum absolute atomic E-state index is 6.43. The van der Waals surface area contributed by atoms with Crippen molar-refractivity contribution in [2.45, 2.75) is 0 Å². The van der Waals surface area contributed by atoms with Gasteiger partial charge in [0.05, 0.1) is 28.1 Å². The van der Waals surface area contributed by atoms with Crippen molar-refractivity contribution in [2.24, 2.45) is 0 Å². The lowest BCUT2D eigenvalue weighted by Crippen LogP contribution is -2.10. The van der Waals surface area contributed by atoms with Crippen LogP contribution in [-0.2, 0) is 0 Å². The Labute approximate surface area is 232 Å². The van der Waals surface area contributed by atoms with Gasteiger partial charge in [-0.25, -0.2) is 14.5 Å². The molecule has 0 atom stereocenters. The molecule has 0 fully saturated rings. The third-order valence-electron chi connectivity index (χ3n) is 7.57. The van der Waals surface area contributed by atoms with Crippen molar-refractivity contribution >= 4 is 54.9 Å². The molecule has 0 radical (unpaired) electrons. The van der Waals surface area contributed by atoms with Crippen LogP contribution in [0, 0.1) is 0 Å². The second-order valence-corrected chi connectivity index (χ2v) is 9.87. The van der Waals surface area contributed by atoms with E-state index < -0.39 is 0 Å². The lowest BCUT2D eigenvalue weighted by atomic mass is 10.2. The molecule has 0 saturated heterocycles. The number of furan rings is 1. The highest BCUT2D eigenvalue weighted by Crippen LogP contribution is 2.38. The Balaban J connectivity index is 1.43. The van der Waals surface area contributed by atoms with Crippen LogP contribution in [-0.4, -0.2) is 34.1 Å². The van der Waals surface area contributed by atoms with Crippen LogP contribution in [0.1, 0.15) is 0 Å². The highest BCUT2D eigenvalue weighted by Gasteiger charge is 2.24. The van der Waals surface area contributed by atoms with E-state index in [4.69, 9.17) is 19.4 Å². The van der Waals surface area contributed by atoms with Crippen LogP contribution >= 0.6 is 0 Å². The maximum Gasteiger partial charge on any atom is 0.242 e. The number of para-hydroxylation sites is 3. The van der Waals surface area contributed by atoms with Gasteiger partial charge in [0.1, 0.15) is 17.4 Å². The monoisotopic (exact) mass is 529 g/mol. The van der Waals surface area contributed by atoms with Crippen LogP contribution in [0.4, 0.5) is 0 Å². The molecule has 5 heterocycles. The zero-order valence-corrected chi connectivity index (χ0v) is 21.5. The lowest BCUT2D eigenvalue weighted by Gasteiger charge is -2.11. The summed E-state index contributed by atoms with van der Waals surface area (Å²) < 4.78 is 10.4. The second-order valence-electron chi connectivity index (χ2n) is 9.87. The fourth-order valence-electron chi connectivity index (χ4n) is 5.81. The second kappa shape index (κ2) is 8.30. The lowest BCUT2D eigenvalue weighted by molar-refractivity contribution is 0.640. The smallest absolute Gasteiger partial charge is 0.242 e. The predicted octanol–water partition coefficient (Wildman–Crippen LogP) is 7.27. The van der Waals surface area contributed by atoms with Crippen molar-refractivity contribution in [3.05, 3.63) is 116 Å². The van der Waals surface area contributed by atoms with Gasteiger partial charge in [-0.2, -0.15) is 15.0 Å². The summed E-state index contributed by atoms with van der Waals surface area (Å²) in [5.41, 5.74) is 5.82. The number of hydrogen-bond donors (Lipinski definition) is 0. The molecule has 192 valence electrons. The molecule has 0 aliphatic rings. The number of nitrogens with zero attached hydrogens (tertiary/aromatic N) is 7. The minimum atomic E-state index is 0.421. The average molecular weight is 530 g/mol. The molecule has 9 aromatic rings. The summed E-state index contributed by atoms with van der Waals surface area (Å²) in [6, 6.07) is 34.5. The van der Waals surface area contributed by atoms with E-state index in [1.54, 1.807) is 12.5 Å². The standard InChI is InChI=1S/C33H19N7O/c1-2-10-20(11-3-1)30-36-32(39-24-15-7-4-12-21(24)22-13-5-8-16-25(22)39)38-33(37-30)40-26-18-34-19-35-29(26)28-23-14-6-9-17-27(23)41-31(28)40/h1-19H. The van der Waals surface area contributed by atoms with E-state index >= 15 is 0 Å². The van der Waals surface area contributed by atoms with E-state index in [-0.39, 0.29) is 0 Å². The number of aromatic nitrogens is 7. The largest absolute Gasteiger partial charge is 0.439 e. The molecular weight excluding hydrogens is 510 g/mol. The van der Waals surface area contributed by atoms with Gasteiger partial charge in [-0.1, -0.05) is 84.9 Å². The molecule has 0 N–H and O–H groups in total. The molecule has 8 nitrogen and oxygen atoms in total. The number of fused-ring (bicyclic) bond motifs is 8. The van der Waals surface area contributed by atoms with E-state index in [9.17, 15) is 0 Å². The van der Waals surface area contributed by atoms with Gasteiger partial charge in [-0.15, -0.1) is 0 Å². The molecule has 0 spiro atoms. The molecule has 8 heteroatoms. The Bertz CT molecular complexity index is 2380. The summed E-state index contributed by atoms with van der Waals surface area (Å²) >= 11 is 0. The van der Waals surface area contributed by atoms with Crippen molar-refractivity contribution in [2.75, 3.05) is 0 Å². The van der Waals surface area contributed by atoms with Crippen molar-refractivity contribution in [1.29, 1.82) is 0 Å². The van der Waals surface area contributed by atoms with E-state index in [2.05, 4.69) is 50.9 Å². The van der Waals surface area contributed by atoms with Crippen molar-refractivity contribution in [3.63, 3.8) is 0 Å². The van der Waals surface area contributed by atoms with Crippen LogP contribution in [0.25, 0.3) is 78.2 Å². The van der Waals surface area contributed by atoms with Crippen LogP contribution in [0.5, 0.6) is 0 Å². The first-order chi connectivity index (χ1) is 20.3. The topological polar surface area (TPSA) is 87.5 Å². The van der Waals surface area contributed by atoms with Crippen molar-refractivity contribution in [1.82, 2.24) is 34.1 Å². The molecule has 0 bridgehead atoms. The van der Waals surface area contributed by atoms with Crippen LogP contribution in [0.3, 0.4) is 0 Å². The first-order valence-electron chi connectivity index (χ1n) is 13.3. The van der Waals surface area contributed by atoms with Crippen LogP contribution in [0.2, 0.25) is 0 Å². The summed E-state index contributed by atoms with van der Waals surface area (Å²) in [6.45, 7) is 0. The Morgan fingerprint density at radius 1 is 0.561 bits per heavy atom. The van der Waals surface area contributed by atoms with Gasteiger partial charge in [0.15, 0.2) is 5.82 Å². The van der Waals surface area contributed by atoms with E-state index in [0.29, 0.717) is 23.4 Å². The van der Waals surface area contributed by atoms with Gasteiger partial charge in [0.2, 0.25) is 17.6 Å². The normalized spacial score (nSPS) is 11.9. The quantitative estimate of drug-likeness (QED) is 0.239. The molecule has 0 saturated carbocycles. The molecule has 4 aromatic carbocycles. The fraction of sp³-hybridized carbons (Fsp3) is 0. The van der Waals surface area contributed by atoms with Crippen LogP contribution < -0.4 is 0 Å². The summed E-state index contributed by atoms with van der Waals surface area (Å²) in [5.74, 6) is 1.48. The third-order valence-corrected chi connectivity index (χ3v) is 7.57. The summed E-state index contributed by atoms with van der Waals surface area (Å²) in [7, 11) is 0. The molecule has 0 aliphatic heterocycles. The zero-order valence-electron chi connectivity index (χ0n) is 21.5. The molecule has 5 aromatic heterocycles. The van der Waals surface area contributed by atoms with Gasteiger partial charge in [0.25, 0.3) is 0 Å². The minimum Gasteiger partial charge on any atom is -0.439 e. The first-order valence-corrected chi connectivity index (χ1v) is 13.3. The third kappa shape index (κ3) is 3.12. The Morgan fingerprint density at radius 3 is 1.95 bits per heavy atom. The number of benzene rings is 4. The SMILES string of the molecule is c1ccc(-c2nc(-n3c4ccccc4c4ccccc43)nc(-n3c4cncnc4c4c5ccccc5oc43)n2)cc1. The first kappa shape index (κ1) is 22.0. The molecule has 0 aliphatic carbocycles. The molecule has 41 heavy (non-hydrogen) atoms.